The van der Waals surface area contributed by atoms with Crippen LogP contribution in [0.25, 0.3) is 0 Å². The maximum atomic E-state index is 12.4. The Morgan fingerprint density at radius 1 is 1.33 bits per heavy atom. The lowest BCUT2D eigenvalue weighted by Gasteiger charge is -2.18. The molecule has 0 aliphatic carbocycles. The lowest BCUT2D eigenvalue weighted by atomic mass is 10.1. The fourth-order valence-corrected chi connectivity index (χ4v) is 3.85. The highest BCUT2D eigenvalue weighted by molar-refractivity contribution is 6.01. The van der Waals surface area contributed by atoms with Gasteiger partial charge in [0, 0.05) is 18.7 Å². The highest BCUT2D eigenvalue weighted by Crippen LogP contribution is 2.32. The zero-order valence-electron chi connectivity index (χ0n) is 16.6. The molecule has 2 aliphatic rings. The van der Waals surface area contributed by atoms with Crippen LogP contribution in [0.1, 0.15) is 70.8 Å². The van der Waals surface area contributed by atoms with E-state index in [0.29, 0.717) is 24.3 Å². The second-order valence-corrected chi connectivity index (χ2v) is 7.62. The van der Waals surface area contributed by atoms with Crippen molar-refractivity contribution in [2.45, 2.75) is 83.8 Å². The Morgan fingerprint density at radius 2 is 2.19 bits per heavy atom. The van der Waals surface area contributed by atoms with E-state index >= 15 is 0 Å². The molecule has 1 aromatic heterocycles. The molecule has 1 unspecified atom stereocenters. The van der Waals surface area contributed by atoms with Crippen LogP contribution in [0.3, 0.4) is 0 Å². The summed E-state index contributed by atoms with van der Waals surface area (Å²) in [5.41, 5.74) is 6.80. The van der Waals surface area contributed by atoms with Gasteiger partial charge in [-0.2, -0.15) is 9.97 Å². The van der Waals surface area contributed by atoms with Crippen molar-refractivity contribution in [1.29, 1.82) is 0 Å². The maximum absolute atomic E-state index is 12.4. The van der Waals surface area contributed by atoms with Crippen LogP contribution in [0.4, 0.5) is 11.6 Å². The van der Waals surface area contributed by atoms with Crippen LogP contribution in [-0.2, 0) is 16.0 Å². The number of ether oxygens (including phenoxy) is 2. The fraction of sp³-hybridized carbons (Fsp3) is 0.750. The number of aromatic nitrogens is 2. The third-order valence-electron chi connectivity index (χ3n) is 5.32. The number of nitrogens with zero attached hydrogens (tertiary/aromatic N) is 3. The molecule has 0 radical (unpaired) electrons. The first-order chi connectivity index (χ1) is 13.1. The van der Waals surface area contributed by atoms with E-state index in [4.69, 9.17) is 15.2 Å². The van der Waals surface area contributed by atoms with Gasteiger partial charge in [0.05, 0.1) is 18.6 Å². The van der Waals surface area contributed by atoms with Crippen LogP contribution in [0.5, 0.6) is 6.01 Å². The van der Waals surface area contributed by atoms with Crippen molar-refractivity contribution >= 4 is 17.5 Å². The van der Waals surface area contributed by atoms with Crippen molar-refractivity contribution < 1.29 is 14.3 Å². The number of amides is 1. The molecule has 2 atom stereocenters. The lowest BCUT2D eigenvalue weighted by molar-refractivity contribution is -0.117. The molecule has 27 heavy (non-hydrogen) atoms. The molecular weight excluding hydrogens is 344 g/mol. The van der Waals surface area contributed by atoms with Crippen LogP contribution < -0.4 is 15.4 Å². The van der Waals surface area contributed by atoms with Crippen LogP contribution in [0, 0.1) is 0 Å². The molecule has 1 amide bonds. The lowest BCUT2D eigenvalue weighted by Crippen LogP contribution is -2.28. The van der Waals surface area contributed by atoms with Gasteiger partial charge >= 0.3 is 6.01 Å². The summed E-state index contributed by atoms with van der Waals surface area (Å²) < 4.78 is 11.5. The Morgan fingerprint density at radius 3 is 2.93 bits per heavy atom. The first-order valence-corrected chi connectivity index (χ1v) is 10.3. The molecule has 2 N–H and O–H groups in total. The number of nitrogen functional groups attached to an aromatic ring is 1. The van der Waals surface area contributed by atoms with Gasteiger partial charge in [-0.25, -0.2) is 0 Å². The summed E-state index contributed by atoms with van der Waals surface area (Å²) in [5, 5.41) is 0. The van der Waals surface area contributed by atoms with Crippen molar-refractivity contribution in [1.82, 2.24) is 9.97 Å². The van der Waals surface area contributed by atoms with Crippen molar-refractivity contribution in [3.05, 3.63) is 5.56 Å². The summed E-state index contributed by atoms with van der Waals surface area (Å²) in [6.45, 7) is 5.67. The minimum Gasteiger partial charge on any atom is -0.460 e. The molecule has 3 heterocycles. The number of hydrogen-bond donors (Lipinski definition) is 1. The summed E-state index contributed by atoms with van der Waals surface area (Å²) in [5.74, 6) is 1.03. The molecular formula is C20H32N4O3. The van der Waals surface area contributed by atoms with Crippen LogP contribution in [0.15, 0.2) is 0 Å². The van der Waals surface area contributed by atoms with Crippen molar-refractivity contribution in [2.24, 2.45) is 0 Å². The fourth-order valence-electron chi connectivity index (χ4n) is 3.85. The summed E-state index contributed by atoms with van der Waals surface area (Å²) in [7, 11) is 0. The largest absolute Gasteiger partial charge is 0.460 e. The zero-order chi connectivity index (χ0) is 19.2. The van der Waals surface area contributed by atoms with E-state index in [1.807, 2.05) is 6.92 Å². The SMILES string of the molecule is CCC[C@H](C)Oc1nc(N)c2c(n1)N(CCCCCC1CCCO1)C(=O)C2. The average Bonchev–Trinajstić information content (AvgIpc) is 3.24. The minimum absolute atomic E-state index is 0.0239. The highest BCUT2D eigenvalue weighted by atomic mass is 16.5. The Hall–Kier alpha value is -1.89. The van der Waals surface area contributed by atoms with Gasteiger partial charge in [0.15, 0.2) is 0 Å². The van der Waals surface area contributed by atoms with E-state index in [9.17, 15) is 4.79 Å². The predicted molar refractivity (Wildman–Crippen MR) is 105 cm³/mol. The Kier molecular flexibility index (Phi) is 6.88. The number of hydrogen-bond acceptors (Lipinski definition) is 6. The van der Waals surface area contributed by atoms with E-state index in [2.05, 4.69) is 16.9 Å². The minimum atomic E-state index is 0.0239. The van der Waals surface area contributed by atoms with E-state index in [0.717, 1.165) is 50.7 Å². The van der Waals surface area contributed by atoms with Gasteiger partial charge < -0.3 is 15.2 Å². The second-order valence-electron chi connectivity index (χ2n) is 7.62. The molecule has 150 valence electrons. The average molecular weight is 377 g/mol. The van der Waals surface area contributed by atoms with Gasteiger partial charge in [-0.3, -0.25) is 9.69 Å². The van der Waals surface area contributed by atoms with Gasteiger partial charge in [0.1, 0.15) is 11.6 Å². The molecule has 7 heteroatoms. The number of nitrogens with two attached hydrogens (primary N) is 1. The van der Waals surface area contributed by atoms with Gasteiger partial charge in [-0.05, 0) is 39.0 Å². The van der Waals surface area contributed by atoms with Crippen LogP contribution >= 0.6 is 0 Å². The predicted octanol–water partition coefficient (Wildman–Crippen LogP) is 3.25. The first-order valence-electron chi connectivity index (χ1n) is 10.3. The van der Waals surface area contributed by atoms with Gasteiger partial charge in [-0.1, -0.05) is 26.2 Å². The van der Waals surface area contributed by atoms with Crippen molar-refractivity contribution in [3.63, 3.8) is 0 Å². The number of fused-ring (bicyclic) bond motifs is 1. The number of carbonyl (C=O) groups is 1. The maximum Gasteiger partial charge on any atom is 0.320 e. The zero-order valence-corrected chi connectivity index (χ0v) is 16.6. The number of carbonyl (C=O) groups excluding carboxylic acids is 1. The topological polar surface area (TPSA) is 90.6 Å². The monoisotopic (exact) mass is 376 g/mol. The Labute approximate surface area is 161 Å². The third kappa shape index (κ3) is 5.09. The molecule has 0 aromatic carbocycles. The molecule has 0 saturated carbocycles. The smallest absolute Gasteiger partial charge is 0.320 e. The number of anilines is 2. The normalized spacial score (nSPS) is 20.1. The van der Waals surface area contributed by atoms with Gasteiger partial charge in [0.25, 0.3) is 0 Å². The number of unbranched alkanes of at least 4 members (excludes halogenated alkanes) is 2. The molecule has 1 fully saturated rings. The van der Waals surface area contributed by atoms with E-state index in [1.54, 1.807) is 4.90 Å². The van der Waals surface area contributed by atoms with Gasteiger partial charge in [-0.15, -0.1) is 0 Å². The van der Waals surface area contributed by atoms with Crippen molar-refractivity contribution in [2.75, 3.05) is 23.8 Å². The van der Waals surface area contributed by atoms with Crippen LogP contribution in [-0.4, -0.2) is 41.2 Å². The standard InChI is InChI=1S/C20H32N4O3/c1-3-8-14(2)27-20-22-18(21)16-13-17(25)24(19(16)23-20)11-6-4-5-9-15-10-7-12-26-15/h14-15H,3-13H2,1-2H3,(H2,21,22,23)/t14-,15?/m0/s1. The second kappa shape index (κ2) is 9.35. The highest BCUT2D eigenvalue weighted by Gasteiger charge is 2.32. The van der Waals surface area contributed by atoms with Crippen LogP contribution in [0.2, 0.25) is 0 Å². The summed E-state index contributed by atoms with van der Waals surface area (Å²) >= 11 is 0. The van der Waals surface area contributed by atoms with Gasteiger partial charge in [0.2, 0.25) is 5.91 Å². The Balaban J connectivity index is 1.55. The quantitative estimate of drug-likeness (QED) is 0.630. The number of rotatable bonds is 10. The first kappa shape index (κ1) is 19.9. The van der Waals surface area contributed by atoms with E-state index < -0.39 is 0 Å². The Bertz CT molecular complexity index is 646. The molecule has 1 saturated heterocycles. The van der Waals surface area contributed by atoms with E-state index in [1.165, 1.54) is 12.8 Å². The molecule has 2 aliphatic heterocycles. The summed E-state index contributed by atoms with van der Waals surface area (Å²) in [6.07, 6.45) is 9.35. The summed E-state index contributed by atoms with van der Waals surface area (Å²) in [4.78, 5) is 22.9. The molecule has 3 rings (SSSR count). The third-order valence-corrected chi connectivity index (χ3v) is 5.32. The molecule has 7 nitrogen and oxygen atoms in total. The molecule has 0 spiro atoms. The molecule has 0 bridgehead atoms. The van der Waals surface area contributed by atoms with Crippen molar-refractivity contribution in [3.8, 4) is 6.01 Å². The summed E-state index contributed by atoms with van der Waals surface area (Å²) in [6, 6.07) is 0.269. The molecule has 1 aromatic rings. The van der Waals surface area contributed by atoms with E-state index in [-0.39, 0.29) is 24.4 Å².